The molecule has 0 saturated heterocycles. The number of nitrogens with zero attached hydrogens (tertiary/aromatic N) is 1. The van der Waals surface area contributed by atoms with Crippen molar-refractivity contribution in [1.82, 2.24) is 0 Å². The van der Waals surface area contributed by atoms with Crippen molar-refractivity contribution >= 4 is 17.8 Å². The Balaban J connectivity index is 3.39. The molecule has 0 amide bonds. The Kier molecular flexibility index (Phi) is 7.10. The lowest BCUT2D eigenvalue weighted by atomic mass is 10.0. The van der Waals surface area contributed by atoms with Crippen molar-refractivity contribution in [1.29, 1.82) is 0 Å². The zero-order chi connectivity index (χ0) is 18.4. The van der Waals surface area contributed by atoms with Crippen LogP contribution in [0.25, 0.3) is 5.76 Å². The standard InChI is InChI=1S/C18H24FNO4/c1-10(2)16(9-21)20-8-14(12(4)22)18(23)13-6-11(3)17(24-5)7-15(13)19/h6-8,10,16,21,23H,9H2,1-5H3/b18-14-,20-8?/t16-/m1/s1. The molecule has 1 rings (SSSR count). The van der Waals surface area contributed by atoms with Gasteiger partial charge in [-0.2, -0.15) is 0 Å². The molecule has 0 radical (unpaired) electrons. The van der Waals surface area contributed by atoms with Crippen molar-refractivity contribution in [2.75, 3.05) is 13.7 Å². The van der Waals surface area contributed by atoms with Gasteiger partial charge in [0.25, 0.3) is 0 Å². The fraction of sp³-hybridized carbons (Fsp3) is 0.444. The summed E-state index contributed by atoms with van der Waals surface area (Å²) in [7, 11) is 1.42. The summed E-state index contributed by atoms with van der Waals surface area (Å²) in [5.74, 6) is -1.24. The van der Waals surface area contributed by atoms with E-state index < -0.39 is 23.4 Å². The van der Waals surface area contributed by atoms with Crippen molar-refractivity contribution in [3.05, 3.63) is 34.6 Å². The maximum atomic E-state index is 14.2. The number of ether oxygens (including phenoxy) is 1. The number of carbonyl (C=O) groups excluding carboxylic acids is 1. The number of hydrogen-bond acceptors (Lipinski definition) is 5. The van der Waals surface area contributed by atoms with Gasteiger partial charge in [-0.15, -0.1) is 0 Å². The summed E-state index contributed by atoms with van der Waals surface area (Å²) >= 11 is 0. The van der Waals surface area contributed by atoms with E-state index in [2.05, 4.69) is 4.99 Å². The second-order valence-electron chi connectivity index (χ2n) is 5.89. The topological polar surface area (TPSA) is 79.1 Å². The molecule has 1 aromatic carbocycles. The number of rotatable bonds is 7. The van der Waals surface area contributed by atoms with Gasteiger partial charge in [0, 0.05) is 12.3 Å². The largest absolute Gasteiger partial charge is 0.506 e. The number of aliphatic hydroxyl groups excluding tert-OH is 2. The number of allylic oxidation sites excluding steroid dienone is 1. The quantitative estimate of drug-likeness (QED) is 0.455. The average Bonchev–Trinajstić information content (AvgIpc) is 2.52. The third-order valence-electron chi connectivity index (χ3n) is 3.73. The molecule has 1 aromatic rings. The molecule has 24 heavy (non-hydrogen) atoms. The van der Waals surface area contributed by atoms with Crippen LogP contribution in [0.2, 0.25) is 0 Å². The highest BCUT2D eigenvalue weighted by molar-refractivity contribution is 6.17. The minimum atomic E-state index is -0.704. The summed E-state index contributed by atoms with van der Waals surface area (Å²) in [5, 5.41) is 19.7. The smallest absolute Gasteiger partial charge is 0.165 e. The summed E-state index contributed by atoms with van der Waals surface area (Å²) in [6, 6.07) is 2.15. The van der Waals surface area contributed by atoms with E-state index in [0.717, 1.165) is 6.07 Å². The van der Waals surface area contributed by atoms with Gasteiger partial charge in [-0.25, -0.2) is 4.39 Å². The second kappa shape index (κ2) is 8.59. The van der Waals surface area contributed by atoms with E-state index in [0.29, 0.717) is 11.3 Å². The minimum absolute atomic E-state index is 0.0570. The van der Waals surface area contributed by atoms with Crippen LogP contribution in [0.15, 0.2) is 22.7 Å². The summed E-state index contributed by atoms with van der Waals surface area (Å²) in [4.78, 5) is 16.0. The van der Waals surface area contributed by atoms with Crippen LogP contribution < -0.4 is 4.74 Å². The highest BCUT2D eigenvalue weighted by atomic mass is 19.1. The fourth-order valence-electron chi connectivity index (χ4n) is 2.13. The maximum Gasteiger partial charge on any atom is 0.165 e. The molecule has 1 atom stereocenters. The molecule has 0 aromatic heterocycles. The Bertz CT molecular complexity index is 665. The molecule has 0 aliphatic rings. The number of Topliss-reactive ketones (excluding diaryl/α,β-unsaturated/α-hetero) is 1. The van der Waals surface area contributed by atoms with Crippen LogP contribution in [0, 0.1) is 18.7 Å². The normalized spacial score (nSPS) is 14.0. The van der Waals surface area contributed by atoms with Gasteiger partial charge < -0.3 is 14.9 Å². The number of ketones is 1. The van der Waals surface area contributed by atoms with E-state index in [4.69, 9.17) is 4.74 Å². The van der Waals surface area contributed by atoms with E-state index in [9.17, 15) is 19.4 Å². The molecule has 0 aliphatic carbocycles. The first-order valence-corrected chi connectivity index (χ1v) is 7.65. The third kappa shape index (κ3) is 4.64. The Morgan fingerprint density at radius 2 is 2.04 bits per heavy atom. The lowest BCUT2D eigenvalue weighted by Crippen LogP contribution is -2.18. The molecule has 0 unspecified atom stereocenters. The molecule has 132 valence electrons. The number of aryl methyl sites for hydroxylation is 1. The van der Waals surface area contributed by atoms with Crippen LogP contribution in [-0.4, -0.2) is 42.0 Å². The summed E-state index contributed by atoms with van der Waals surface area (Å²) in [5.41, 5.74) is 0.406. The Labute approximate surface area is 141 Å². The van der Waals surface area contributed by atoms with Crippen molar-refractivity contribution < 1.29 is 24.1 Å². The van der Waals surface area contributed by atoms with Gasteiger partial charge in [-0.3, -0.25) is 9.79 Å². The minimum Gasteiger partial charge on any atom is -0.506 e. The fourth-order valence-corrected chi connectivity index (χ4v) is 2.13. The van der Waals surface area contributed by atoms with E-state index >= 15 is 0 Å². The zero-order valence-corrected chi connectivity index (χ0v) is 14.6. The van der Waals surface area contributed by atoms with Gasteiger partial charge in [0.05, 0.1) is 30.9 Å². The van der Waals surface area contributed by atoms with Crippen LogP contribution in [-0.2, 0) is 4.79 Å². The van der Waals surface area contributed by atoms with E-state index in [1.54, 1.807) is 6.92 Å². The molecule has 2 N–H and O–H groups in total. The molecule has 0 spiro atoms. The van der Waals surface area contributed by atoms with Crippen molar-refractivity contribution in [3.8, 4) is 5.75 Å². The SMILES string of the molecule is COc1cc(F)c(/C(O)=C(\C=N[C@H](CO)C(C)C)C(C)=O)cc1C. The third-order valence-corrected chi connectivity index (χ3v) is 3.73. The first kappa shape index (κ1) is 19.8. The number of aliphatic hydroxyl groups is 2. The second-order valence-corrected chi connectivity index (χ2v) is 5.89. The summed E-state index contributed by atoms with van der Waals surface area (Å²) < 4.78 is 19.2. The van der Waals surface area contributed by atoms with Crippen molar-refractivity contribution in [2.24, 2.45) is 10.9 Å². The van der Waals surface area contributed by atoms with Gasteiger partial charge in [0.15, 0.2) is 5.78 Å². The number of carbonyl (C=O) groups is 1. The molecule has 0 aliphatic heterocycles. The number of aliphatic imine (C=N–C) groups is 1. The molecule has 0 heterocycles. The van der Waals surface area contributed by atoms with Crippen LogP contribution in [0.4, 0.5) is 4.39 Å². The number of methoxy groups -OCH3 is 1. The lowest BCUT2D eigenvalue weighted by molar-refractivity contribution is -0.113. The first-order valence-electron chi connectivity index (χ1n) is 7.65. The zero-order valence-electron chi connectivity index (χ0n) is 14.6. The van der Waals surface area contributed by atoms with E-state index in [1.807, 2.05) is 13.8 Å². The molecule has 5 nitrogen and oxygen atoms in total. The molecule has 0 saturated carbocycles. The van der Waals surface area contributed by atoms with Crippen LogP contribution >= 0.6 is 0 Å². The molecular formula is C18H24FNO4. The van der Waals surface area contributed by atoms with Crippen LogP contribution in [0.3, 0.4) is 0 Å². The highest BCUT2D eigenvalue weighted by Crippen LogP contribution is 2.27. The molecule has 6 heteroatoms. The van der Waals surface area contributed by atoms with E-state index in [1.165, 1.54) is 26.3 Å². The number of hydrogen-bond donors (Lipinski definition) is 2. The predicted molar refractivity (Wildman–Crippen MR) is 92.1 cm³/mol. The Morgan fingerprint density at radius 1 is 1.42 bits per heavy atom. The van der Waals surface area contributed by atoms with Gasteiger partial charge in [-0.1, -0.05) is 13.8 Å². The molecule has 0 bridgehead atoms. The predicted octanol–water partition coefficient (Wildman–Crippen LogP) is 3.09. The van der Waals surface area contributed by atoms with Gasteiger partial charge >= 0.3 is 0 Å². The first-order chi connectivity index (χ1) is 11.2. The van der Waals surface area contributed by atoms with Gasteiger partial charge in [0.1, 0.15) is 17.3 Å². The Morgan fingerprint density at radius 3 is 2.50 bits per heavy atom. The monoisotopic (exact) mass is 337 g/mol. The Hall–Kier alpha value is -2.21. The average molecular weight is 337 g/mol. The molecule has 0 fully saturated rings. The maximum absolute atomic E-state index is 14.2. The van der Waals surface area contributed by atoms with Gasteiger partial charge in [-0.05, 0) is 31.4 Å². The van der Waals surface area contributed by atoms with Crippen LogP contribution in [0.5, 0.6) is 5.75 Å². The number of halogens is 1. The number of benzene rings is 1. The summed E-state index contributed by atoms with van der Waals surface area (Å²) in [6.45, 7) is 6.53. The summed E-state index contributed by atoms with van der Waals surface area (Å²) in [6.07, 6.45) is 1.19. The van der Waals surface area contributed by atoms with Gasteiger partial charge in [0.2, 0.25) is 0 Å². The van der Waals surface area contributed by atoms with Crippen molar-refractivity contribution in [3.63, 3.8) is 0 Å². The van der Waals surface area contributed by atoms with E-state index in [-0.39, 0.29) is 23.7 Å². The van der Waals surface area contributed by atoms with Crippen molar-refractivity contribution in [2.45, 2.75) is 33.7 Å². The highest BCUT2D eigenvalue weighted by Gasteiger charge is 2.18. The molecular weight excluding hydrogens is 313 g/mol. The lowest BCUT2D eigenvalue weighted by Gasteiger charge is -2.13. The van der Waals surface area contributed by atoms with Crippen LogP contribution in [0.1, 0.15) is 31.9 Å².